The SMILES string of the molecule is OC(c1ccccc1)(c1cccc(Cl)c1)c1cccc2c3ccccc3n(-c3ccccc3)c12. The third-order valence-corrected chi connectivity index (χ3v) is 6.77. The first kappa shape index (κ1) is 20.7. The Morgan fingerprint density at radius 2 is 1.21 bits per heavy atom. The molecule has 1 N–H and O–H groups in total. The van der Waals surface area contributed by atoms with Crippen LogP contribution in [0, 0.1) is 0 Å². The van der Waals surface area contributed by atoms with Crippen LogP contribution in [0.25, 0.3) is 27.5 Å². The predicted molar refractivity (Wildman–Crippen MR) is 141 cm³/mol. The van der Waals surface area contributed by atoms with Crippen molar-refractivity contribution in [2.75, 3.05) is 0 Å². The molecular weight excluding hydrogens is 438 g/mol. The van der Waals surface area contributed by atoms with Crippen LogP contribution in [0.1, 0.15) is 16.7 Å². The Kier molecular flexibility index (Phi) is 4.99. The van der Waals surface area contributed by atoms with Crippen molar-refractivity contribution in [1.29, 1.82) is 0 Å². The summed E-state index contributed by atoms with van der Waals surface area (Å²) in [6, 6.07) is 42.2. The minimum atomic E-state index is -1.41. The first-order valence-corrected chi connectivity index (χ1v) is 11.7. The smallest absolute Gasteiger partial charge is 0.142 e. The van der Waals surface area contributed by atoms with E-state index in [9.17, 15) is 5.11 Å². The van der Waals surface area contributed by atoms with E-state index in [0.717, 1.165) is 44.2 Å². The van der Waals surface area contributed by atoms with E-state index in [2.05, 4.69) is 47.0 Å². The molecule has 164 valence electrons. The molecule has 1 atom stereocenters. The molecular formula is C31H22ClNO. The Balaban J connectivity index is 1.80. The first-order valence-electron chi connectivity index (χ1n) is 11.3. The van der Waals surface area contributed by atoms with Crippen molar-refractivity contribution < 1.29 is 5.11 Å². The van der Waals surface area contributed by atoms with Crippen LogP contribution < -0.4 is 0 Å². The normalized spacial score (nSPS) is 13.2. The number of para-hydroxylation sites is 3. The monoisotopic (exact) mass is 459 g/mol. The van der Waals surface area contributed by atoms with Crippen LogP contribution in [0.3, 0.4) is 0 Å². The number of benzene rings is 5. The van der Waals surface area contributed by atoms with Gasteiger partial charge in [-0.3, -0.25) is 0 Å². The highest BCUT2D eigenvalue weighted by molar-refractivity contribution is 6.30. The second-order valence-corrected chi connectivity index (χ2v) is 8.91. The number of aliphatic hydroxyl groups is 1. The van der Waals surface area contributed by atoms with Crippen molar-refractivity contribution in [1.82, 2.24) is 4.57 Å². The lowest BCUT2D eigenvalue weighted by molar-refractivity contribution is 0.127. The summed E-state index contributed by atoms with van der Waals surface area (Å²) in [7, 11) is 0. The lowest BCUT2D eigenvalue weighted by Crippen LogP contribution is -2.29. The molecule has 0 spiro atoms. The van der Waals surface area contributed by atoms with Crippen molar-refractivity contribution in [2.24, 2.45) is 0 Å². The van der Waals surface area contributed by atoms with Gasteiger partial charge in [-0.15, -0.1) is 0 Å². The summed E-state index contributed by atoms with van der Waals surface area (Å²) in [6.45, 7) is 0. The predicted octanol–water partition coefficient (Wildman–Crippen LogP) is 7.72. The second-order valence-electron chi connectivity index (χ2n) is 8.48. The number of nitrogens with zero attached hydrogens (tertiary/aromatic N) is 1. The Morgan fingerprint density at radius 1 is 0.588 bits per heavy atom. The maximum atomic E-state index is 12.7. The van der Waals surface area contributed by atoms with Gasteiger partial charge in [0, 0.05) is 27.0 Å². The molecule has 1 aromatic heterocycles. The van der Waals surface area contributed by atoms with Crippen molar-refractivity contribution in [3.63, 3.8) is 0 Å². The number of aromatic nitrogens is 1. The summed E-state index contributed by atoms with van der Waals surface area (Å²) in [5, 5.41) is 15.5. The van der Waals surface area contributed by atoms with E-state index in [1.54, 1.807) is 0 Å². The average molecular weight is 460 g/mol. The summed E-state index contributed by atoms with van der Waals surface area (Å²) in [6.07, 6.45) is 0. The maximum absolute atomic E-state index is 12.7. The van der Waals surface area contributed by atoms with Gasteiger partial charge in [-0.25, -0.2) is 0 Å². The quantitative estimate of drug-likeness (QED) is 0.268. The molecule has 3 heteroatoms. The molecule has 0 aliphatic heterocycles. The van der Waals surface area contributed by atoms with Crippen LogP contribution in [0.4, 0.5) is 0 Å². The van der Waals surface area contributed by atoms with Gasteiger partial charge < -0.3 is 9.67 Å². The standard InChI is InChI=1S/C31H22ClNO/c32-24-14-9-13-23(21-24)31(34,22-11-3-1-4-12-22)28-19-10-18-27-26-17-7-8-20-29(26)33(30(27)28)25-15-5-2-6-16-25/h1-21,34H. The van der Waals surface area contributed by atoms with Gasteiger partial charge in [0.2, 0.25) is 0 Å². The minimum Gasteiger partial charge on any atom is -0.376 e. The second kappa shape index (κ2) is 8.18. The molecule has 0 aliphatic carbocycles. The van der Waals surface area contributed by atoms with Crippen LogP contribution in [0.15, 0.2) is 127 Å². The lowest BCUT2D eigenvalue weighted by atomic mass is 9.79. The van der Waals surface area contributed by atoms with Crippen molar-refractivity contribution in [3.8, 4) is 5.69 Å². The number of rotatable bonds is 4. The lowest BCUT2D eigenvalue weighted by Gasteiger charge is -2.31. The van der Waals surface area contributed by atoms with E-state index in [4.69, 9.17) is 11.6 Å². The average Bonchev–Trinajstić information content (AvgIpc) is 3.24. The Hall–Kier alpha value is -3.85. The zero-order valence-corrected chi connectivity index (χ0v) is 19.2. The van der Waals surface area contributed by atoms with E-state index in [0.29, 0.717) is 5.02 Å². The van der Waals surface area contributed by atoms with E-state index in [-0.39, 0.29) is 0 Å². The van der Waals surface area contributed by atoms with Crippen LogP contribution in [-0.2, 0) is 5.60 Å². The molecule has 5 aromatic carbocycles. The summed E-state index contributed by atoms with van der Waals surface area (Å²) in [4.78, 5) is 0. The molecule has 6 rings (SSSR count). The highest BCUT2D eigenvalue weighted by atomic mass is 35.5. The van der Waals surface area contributed by atoms with Gasteiger partial charge in [-0.05, 0) is 41.5 Å². The molecule has 0 bridgehead atoms. The number of halogens is 1. The first-order chi connectivity index (χ1) is 16.7. The third kappa shape index (κ3) is 3.15. The molecule has 0 aliphatic rings. The van der Waals surface area contributed by atoms with Gasteiger partial charge in [0.05, 0.1) is 11.0 Å². The van der Waals surface area contributed by atoms with Gasteiger partial charge in [0.1, 0.15) is 5.60 Å². The molecule has 6 aromatic rings. The molecule has 1 unspecified atom stereocenters. The number of hydrogen-bond acceptors (Lipinski definition) is 1. The fraction of sp³-hybridized carbons (Fsp3) is 0.0323. The Labute approximate surface area is 203 Å². The fourth-order valence-electron chi connectivity index (χ4n) is 5.03. The van der Waals surface area contributed by atoms with Crippen molar-refractivity contribution in [2.45, 2.75) is 5.60 Å². The Bertz CT molecular complexity index is 1620. The third-order valence-electron chi connectivity index (χ3n) is 6.53. The molecule has 0 amide bonds. The van der Waals surface area contributed by atoms with Crippen LogP contribution in [-0.4, -0.2) is 9.67 Å². The van der Waals surface area contributed by atoms with Gasteiger partial charge in [-0.1, -0.05) is 109 Å². The Morgan fingerprint density at radius 3 is 1.97 bits per heavy atom. The van der Waals surface area contributed by atoms with E-state index >= 15 is 0 Å². The molecule has 34 heavy (non-hydrogen) atoms. The summed E-state index contributed by atoms with van der Waals surface area (Å²) >= 11 is 6.42. The van der Waals surface area contributed by atoms with E-state index in [1.165, 1.54) is 0 Å². The van der Waals surface area contributed by atoms with Crippen molar-refractivity contribution >= 4 is 33.4 Å². The van der Waals surface area contributed by atoms with Crippen molar-refractivity contribution in [3.05, 3.63) is 149 Å². The van der Waals surface area contributed by atoms with Gasteiger partial charge >= 0.3 is 0 Å². The molecule has 0 radical (unpaired) electrons. The minimum absolute atomic E-state index is 0.586. The van der Waals surface area contributed by atoms with Gasteiger partial charge in [-0.2, -0.15) is 0 Å². The van der Waals surface area contributed by atoms with Crippen LogP contribution in [0.2, 0.25) is 5.02 Å². The summed E-state index contributed by atoms with van der Waals surface area (Å²) in [5.41, 5.74) is 4.02. The molecule has 0 fully saturated rings. The summed E-state index contributed by atoms with van der Waals surface area (Å²) < 4.78 is 2.25. The van der Waals surface area contributed by atoms with E-state index in [1.807, 2.05) is 84.9 Å². The molecule has 0 saturated carbocycles. The highest BCUT2D eigenvalue weighted by Gasteiger charge is 2.37. The molecule has 0 saturated heterocycles. The van der Waals surface area contributed by atoms with Gasteiger partial charge in [0.25, 0.3) is 0 Å². The van der Waals surface area contributed by atoms with Crippen LogP contribution >= 0.6 is 11.6 Å². The zero-order chi connectivity index (χ0) is 23.1. The largest absolute Gasteiger partial charge is 0.376 e. The number of fused-ring (bicyclic) bond motifs is 3. The van der Waals surface area contributed by atoms with E-state index < -0.39 is 5.60 Å². The number of hydrogen-bond donors (Lipinski definition) is 1. The topological polar surface area (TPSA) is 25.2 Å². The highest BCUT2D eigenvalue weighted by Crippen LogP contribution is 2.43. The maximum Gasteiger partial charge on any atom is 0.142 e. The van der Waals surface area contributed by atoms with Gasteiger partial charge in [0.15, 0.2) is 0 Å². The van der Waals surface area contributed by atoms with Crippen LogP contribution in [0.5, 0.6) is 0 Å². The molecule has 1 heterocycles. The zero-order valence-electron chi connectivity index (χ0n) is 18.4. The summed E-state index contributed by atoms with van der Waals surface area (Å²) in [5.74, 6) is 0. The fourth-order valence-corrected chi connectivity index (χ4v) is 5.22. The molecule has 2 nitrogen and oxygen atoms in total.